The van der Waals surface area contributed by atoms with E-state index in [-0.39, 0.29) is 25.1 Å². The lowest BCUT2D eigenvalue weighted by Gasteiger charge is -2.21. The monoisotopic (exact) mass is 235 g/mol. The maximum atomic E-state index is 12.5. The van der Waals surface area contributed by atoms with Gasteiger partial charge in [0.2, 0.25) is 0 Å². The molecule has 2 N–H and O–H groups in total. The molecule has 6 heteroatoms. The molecule has 0 amide bonds. The predicted molar refractivity (Wildman–Crippen MR) is 49.7 cm³/mol. The number of aliphatic hydroxyl groups is 1. The van der Waals surface area contributed by atoms with Crippen molar-refractivity contribution in [3.05, 3.63) is 24.2 Å². The molecule has 16 heavy (non-hydrogen) atoms. The van der Waals surface area contributed by atoms with Crippen molar-refractivity contribution >= 4 is 0 Å². The Labute approximate surface area is 90.3 Å². The summed E-state index contributed by atoms with van der Waals surface area (Å²) in [5.74, 6) is 0.269. The maximum Gasteiger partial charge on any atom is 0.406 e. The molecular formula is C10H12F3NO2. The number of nitrogens with one attached hydrogen (secondary N) is 1. The highest BCUT2D eigenvalue weighted by Gasteiger charge is 2.63. The lowest BCUT2D eigenvalue weighted by molar-refractivity contribution is -0.166. The third kappa shape index (κ3) is 2.08. The first kappa shape index (κ1) is 11.5. The molecule has 1 aliphatic rings. The molecule has 1 fully saturated rings. The summed E-state index contributed by atoms with van der Waals surface area (Å²) in [6.45, 7) is -0.160. The van der Waals surface area contributed by atoms with Gasteiger partial charge in [-0.2, -0.15) is 13.2 Å². The minimum Gasteiger partial charge on any atom is -0.467 e. The SMILES string of the molecule is OC(CNC1(C(F)(F)F)CC1)c1ccco1. The van der Waals surface area contributed by atoms with E-state index in [0.29, 0.717) is 0 Å². The van der Waals surface area contributed by atoms with Crippen LogP contribution in [0.15, 0.2) is 22.8 Å². The van der Waals surface area contributed by atoms with E-state index in [0.717, 1.165) is 0 Å². The Balaban J connectivity index is 1.89. The minimum atomic E-state index is -4.25. The van der Waals surface area contributed by atoms with Gasteiger partial charge in [-0.1, -0.05) is 0 Å². The predicted octanol–water partition coefficient (Wildman–Crippen LogP) is 2.00. The van der Waals surface area contributed by atoms with Crippen molar-refractivity contribution < 1.29 is 22.7 Å². The minimum absolute atomic E-state index is 0.0708. The van der Waals surface area contributed by atoms with Gasteiger partial charge in [-0.15, -0.1) is 0 Å². The second kappa shape index (κ2) is 3.78. The number of aliphatic hydroxyl groups excluding tert-OH is 1. The van der Waals surface area contributed by atoms with Crippen LogP contribution in [0.2, 0.25) is 0 Å². The Morgan fingerprint density at radius 2 is 2.19 bits per heavy atom. The average molecular weight is 235 g/mol. The molecule has 3 nitrogen and oxygen atoms in total. The number of rotatable bonds is 4. The number of furan rings is 1. The topological polar surface area (TPSA) is 45.4 Å². The molecule has 90 valence electrons. The molecule has 1 unspecified atom stereocenters. The van der Waals surface area contributed by atoms with Gasteiger partial charge in [0.1, 0.15) is 17.4 Å². The fraction of sp³-hybridized carbons (Fsp3) is 0.600. The van der Waals surface area contributed by atoms with Crippen molar-refractivity contribution in [1.82, 2.24) is 5.32 Å². The van der Waals surface area contributed by atoms with Crippen LogP contribution in [0.4, 0.5) is 13.2 Å². The van der Waals surface area contributed by atoms with Gasteiger partial charge < -0.3 is 14.8 Å². The van der Waals surface area contributed by atoms with Crippen molar-refractivity contribution in [3.63, 3.8) is 0 Å². The van der Waals surface area contributed by atoms with Crippen LogP contribution in [0.25, 0.3) is 0 Å². The zero-order valence-electron chi connectivity index (χ0n) is 8.42. The summed E-state index contributed by atoms with van der Waals surface area (Å²) in [7, 11) is 0. The number of β-amino-alcohol motifs (C(OH)–C–C–N with tert-alkyl or cyclic N) is 1. The van der Waals surface area contributed by atoms with Crippen LogP contribution in [0.5, 0.6) is 0 Å². The van der Waals surface area contributed by atoms with Crippen LogP contribution in [0.1, 0.15) is 24.7 Å². The first-order valence-electron chi connectivity index (χ1n) is 4.98. The van der Waals surface area contributed by atoms with E-state index in [1.165, 1.54) is 12.3 Å². The summed E-state index contributed by atoms with van der Waals surface area (Å²) in [5.41, 5.74) is -1.79. The van der Waals surface area contributed by atoms with Gasteiger partial charge in [-0.05, 0) is 25.0 Å². The fourth-order valence-electron chi connectivity index (χ4n) is 1.56. The third-order valence-corrected chi connectivity index (χ3v) is 2.80. The van der Waals surface area contributed by atoms with E-state index in [4.69, 9.17) is 4.42 Å². The fourth-order valence-corrected chi connectivity index (χ4v) is 1.56. The molecular weight excluding hydrogens is 223 g/mol. The highest BCUT2D eigenvalue weighted by molar-refractivity contribution is 5.09. The molecule has 0 radical (unpaired) electrons. The molecule has 0 aliphatic heterocycles. The number of alkyl halides is 3. The van der Waals surface area contributed by atoms with Gasteiger partial charge >= 0.3 is 6.18 Å². The van der Waals surface area contributed by atoms with Crippen LogP contribution >= 0.6 is 0 Å². The van der Waals surface area contributed by atoms with Crippen molar-refractivity contribution in [2.45, 2.75) is 30.7 Å². The second-order valence-electron chi connectivity index (χ2n) is 3.99. The molecule has 1 aromatic rings. The van der Waals surface area contributed by atoms with Gasteiger partial charge in [0.05, 0.1) is 6.26 Å². The number of hydrogen-bond acceptors (Lipinski definition) is 3. The third-order valence-electron chi connectivity index (χ3n) is 2.80. The Morgan fingerprint density at radius 1 is 1.50 bits per heavy atom. The van der Waals surface area contributed by atoms with Gasteiger partial charge in [-0.3, -0.25) is 0 Å². The van der Waals surface area contributed by atoms with Crippen molar-refractivity contribution in [2.24, 2.45) is 0 Å². The first-order chi connectivity index (χ1) is 7.45. The summed E-state index contributed by atoms with van der Waals surface area (Å²) in [4.78, 5) is 0. The lowest BCUT2D eigenvalue weighted by Crippen LogP contribution is -2.46. The molecule has 1 aliphatic carbocycles. The summed E-state index contributed by atoms with van der Waals surface area (Å²) in [5, 5.41) is 11.9. The molecule has 1 heterocycles. The zero-order chi connectivity index (χ0) is 11.8. The van der Waals surface area contributed by atoms with Crippen LogP contribution in [-0.4, -0.2) is 23.4 Å². The Kier molecular flexibility index (Phi) is 2.71. The van der Waals surface area contributed by atoms with E-state index in [2.05, 4.69) is 5.32 Å². The van der Waals surface area contributed by atoms with E-state index < -0.39 is 17.8 Å². The van der Waals surface area contributed by atoms with E-state index in [9.17, 15) is 18.3 Å². The summed E-state index contributed by atoms with van der Waals surface area (Å²) in [6.07, 6.45) is -3.79. The van der Waals surface area contributed by atoms with Crippen LogP contribution < -0.4 is 5.32 Å². The van der Waals surface area contributed by atoms with E-state index in [1.807, 2.05) is 0 Å². The summed E-state index contributed by atoms with van der Waals surface area (Å²) < 4.78 is 42.5. The number of halogens is 3. The molecule has 0 bridgehead atoms. The van der Waals surface area contributed by atoms with Gasteiger partial charge in [0, 0.05) is 6.54 Å². The largest absolute Gasteiger partial charge is 0.467 e. The summed E-state index contributed by atoms with van der Waals surface area (Å²) >= 11 is 0. The molecule has 0 aromatic carbocycles. The normalized spacial score (nSPS) is 20.8. The zero-order valence-corrected chi connectivity index (χ0v) is 8.42. The smallest absolute Gasteiger partial charge is 0.406 e. The highest BCUT2D eigenvalue weighted by Crippen LogP contribution is 2.48. The van der Waals surface area contributed by atoms with Crippen LogP contribution in [0.3, 0.4) is 0 Å². The quantitative estimate of drug-likeness (QED) is 0.839. The average Bonchev–Trinajstić information content (AvgIpc) is 2.80. The Bertz CT molecular complexity index is 343. The van der Waals surface area contributed by atoms with Crippen LogP contribution in [0, 0.1) is 0 Å². The van der Waals surface area contributed by atoms with E-state index >= 15 is 0 Å². The van der Waals surface area contributed by atoms with Gasteiger partial charge in [0.15, 0.2) is 0 Å². The lowest BCUT2D eigenvalue weighted by atomic mass is 10.2. The Morgan fingerprint density at radius 3 is 2.62 bits per heavy atom. The molecule has 1 atom stereocenters. The molecule has 1 aromatic heterocycles. The molecule has 0 spiro atoms. The standard InChI is InChI=1S/C10H12F3NO2/c11-10(12,13)9(3-4-9)14-6-7(15)8-2-1-5-16-8/h1-2,5,7,14-15H,3-4,6H2. The molecule has 0 saturated heterocycles. The highest BCUT2D eigenvalue weighted by atomic mass is 19.4. The van der Waals surface area contributed by atoms with E-state index in [1.54, 1.807) is 6.07 Å². The molecule has 1 saturated carbocycles. The van der Waals surface area contributed by atoms with Crippen molar-refractivity contribution in [1.29, 1.82) is 0 Å². The van der Waals surface area contributed by atoms with Crippen LogP contribution in [-0.2, 0) is 0 Å². The van der Waals surface area contributed by atoms with Gasteiger partial charge in [0.25, 0.3) is 0 Å². The van der Waals surface area contributed by atoms with Gasteiger partial charge in [-0.25, -0.2) is 0 Å². The maximum absolute atomic E-state index is 12.5. The van der Waals surface area contributed by atoms with Crippen molar-refractivity contribution in [3.8, 4) is 0 Å². The molecule has 2 rings (SSSR count). The Hall–Kier alpha value is -1.01. The summed E-state index contributed by atoms with van der Waals surface area (Å²) in [6, 6.07) is 3.11. The number of hydrogen-bond donors (Lipinski definition) is 2. The first-order valence-corrected chi connectivity index (χ1v) is 4.98. The second-order valence-corrected chi connectivity index (χ2v) is 3.99. The van der Waals surface area contributed by atoms with Crippen molar-refractivity contribution in [2.75, 3.05) is 6.54 Å².